The third kappa shape index (κ3) is 3.92. The summed E-state index contributed by atoms with van der Waals surface area (Å²) in [5.41, 5.74) is 10.8. The Labute approximate surface area is 284 Å². The summed E-state index contributed by atoms with van der Waals surface area (Å²) in [4.78, 5) is 5.42. The Kier molecular flexibility index (Phi) is 5.54. The highest BCUT2D eigenvalue weighted by Crippen LogP contribution is 2.46. The van der Waals surface area contributed by atoms with E-state index in [0.29, 0.717) is 0 Å². The van der Waals surface area contributed by atoms with Crippen LogP contribution in [0.4, 0.5) is 0 Å². The molecule has 49 heavy (non-hydrogen) atoms. The normalized spacial score (nSPS) is 12.1. The fraction of sp³-hybridized carbons (Fsp3) is 0. The van der Waals surface area contributed by atoms with Crippen LogP contribution in [-0.2, 0) is 0 Å². The van der Waals surface area contributed by atoms with E-state index in [1.807, 2.05) is 35.6 Å². The number of fused-ring (bicyclic) bond motifs is 11. The summed E-state index contributed by atoms with van der Waals surface area (Å²) in [5, 5.41) is 8.03. The Morgan fingerprint density at radius 1 is 0.429 bits per heavy atom. The van der Waals surface area contributed by atoms with E-state index < -0.39 is 0 Å². The molecule has 11 rings (SSSR count). The highest BCUT2D eigenvalue weighted by molar-refractivity contribution is 7.26. The number of hydrogen-bond donors (Lipinski definition) is 0. The number of furan rings is 2. The number of nitrogens with zero attached hydrogens (tertiary/aromatic N) is 1. The first-order valence-electron chi connectivity index (χ1n) is 16.5. The minimum atomic E-state index is 0.881. The lowest BCUT2D eigenvalue weighted by molar-refractivity contribution is 0.670. The predicted octanol–water partition coefficient (Wildman–Crippen LogP) is 13.4. The van der Waals surface area contributed by atoms with Crippen LogP contribution in [0.2, 0.25) is 0 Å². The molecule has 0 aliphatic rings. The van der Waals surface area contributed by atoms with Gasteiger partial charge in [-0.3, -0.25) is 0 Å². The number of aromatic nitrogens is 1. The fourth-order valence-electron chi connectivity index (χ4n) is 7.64. The lowest BCUT2D eigenvalue weighted by Crippen LogP contribution is -1.91. The molecule has 4 heterocycles. The lowest BCUT2D eigenvalue weighted by Gasteiger charge is -2.13. The minimum Gasteiger partial charge on any atom is -0.455 e. The van der Waals surface area contributed by atoms with Crippen molar-refractivity contribution in [3.05, 3.63) is 152 Å². The predicted molar refractivity (Wildman–Crippen MR) is 205 cm³/mol. The van der Waals surface area contributed by atoms with Gasteiger partial charge in [-0.2, -0.15) is 0 Å². The summed E-state index contributed by atoms with van der Waals surface area (Å²) in [6.45, 7) is 0. The van der Waals surface area contributed by atoms with Gasteiger partial charge in [-0.25, -0.2) is 4.98 Å². The summed E-state index contributed by atoms with van der Waals surface area (Å²) >= 11 is 1.84. The Morgan fingerprint density at radius 3 is 1.59 bits per heavy atom. The molecule has 0 N–H and O–H groups in total. The van der Waals surface area contributed by atoms with E-state index in [1.54, 1.807) is 0 Å². The highest BCUT2D eigenvalue weighted by atomic mass is 32.1. The number of hydrogen-bond acceptors (Lipinski definition) is 4. The van der Waals surface area contributed by atoms with E-state index in [-0.39, 0.29) is 0 Å². The Morgan fingerprint density at radius 2 is 0.939 bits per heavy atom. The second kappa shape index (κ2) is 10.1. The largest absolute Gasteiger partial charge is 0.455 e. The van der Waals surface area contributed by atoms with Crippen LogP contribution in [-0.4, -0.2) is 4.98 Å². The van der Waals surface area contributed by atoms with E-state index in [0.717, 1.165) is 82.9 Å². The molecule has 7 aromatic carbocycles. The summed E-state index contributed by atoms with van der Waals surface area (Å²) in [7, 11) is 0. The van der Waals surface area contributed by atoms with Crippen LogP contribution < -0.4 is 0 Å². The third-order valence-electron chi connectivity index (χ3n) is 9.85. The standard InChI is InChI=1S/C45H25NO2S/c1-5-19-37-35(13-1)45-41(36-14-4-8-22-40(36)49-45)42(46-37)28-24-26(29-15-9-17-33-31-11-2-6-20-38(31)47-43(29)33)23-27(25-28)30-16-10-18-34-32-12-3-7-21-39(32)48-44(30)34/h1-25H. The number of thiophene rings is 1. The number of benzene rings is 7. The van der Waals surface area contributed by atoms with Crippen LogP contribution in [0.1, 0.15) is 0 Å². The molecular formula is C45H25NO2S. The molecular weight excluding hydrogens is 619 g/mol. The molecule has 3 nitrogen and oxygen atoms in total. The smallest absolute Gasteiger partial charge is 0.143 e. The topological polar surface area (TPSA) is 39.2 Å². The first-order valence-corrected chi connectivity index (χ1v) is 17.3. The molecule has 0 aliphatic carbocycles. The van der Waals surface area contributed by atoms with Gasteiger partial charge >= 0.3 is 0 Å². The quantitative estimate of drug-likeness (QED) is 0.192. The fourth-order valence-corrected chi connectivity index (χ4v) is 8.88. The van der Waals surface area contributed by atoms with Crippen LogP contribution in [0.15, 0.2) is 160 Å². The molecule has 4 aromatic heterocycles. The van der Waals surface area contributed by atoms with Gasteiger partial charge in [0.2, 0.25) is 0 Å². The zero-order valence-corrected chi connectivity index (χ0v) is 26.9. The van der Waals surface area contributed by atoms with Gasteiger partial charge in [0.25, 0.3) is 0 Å². The van der Waals surface area contributed by atoms with Crippen LogP contribution in [0, 0.1) is 0 Å². The molecule has 0 amide bonds. The SMILES string of the molecule is c1ccc2c(c1)nc(-c1cc(-c3cccc4c3oc3ccccc34)cc(-c3cccc4c3oc3ccccc34)c1)c1c3ccccc3sc21. The highest BCUT2D eigenvalue weighted by Gasteiger charge is 2.20. The molecule has 0 atom stereocenters. The maximum Gasteiger partial charge on any atom is 0.143 e. The average molecular weight is 644 g/mol. The molecule has 0 fully saturated rings. The molecule has 0 saturated heterocycles. The summed E-state index contributed by atoms with van der Waals surface area (Å²) in [6.07, 6.45) is 0. The van der Waals surface area contributed by atoms with Crippen molar-refractivity contribution in [1.82, 2.24) is 4.98 Å². The van der Waals surface area contributed by atoms with Gasteiger partial charge in [0, 0.05) is 63.8 Å². The second-order valence-corrected chi connectivity index (χ2v) is 13.7. The first-order chi connectivity index (χ1) is 24.3. The van der Waals surface area contributed by atoms with E-state index in [4.69, 9.17) is 13.8 Å². The van der Waals surface area contributed by atoms with Crippen molar-refractivity contribution >= 4 is 86.3 Å². The molecule has 0 unspecified atom stereocenters. The Bertz CT molecular complexity index is 2990. The zero-order valence-electron chi connectivity index (χ0n) is 26.1. The second-order valence-electron chi connectivity index (χ2n) is 12.6. The van der Waals surface area contributed by atoms with Gasteiger partial charge in [0.15, 0.2) is 0 Å². The maximum atomic E-state index is 6.58. The number of rotatable bonds is 3. The minimum absolute atomic E-state index is 0.881. The number of pyridine rings is 1. The van der Waals surface area contributed by atoms with Gasteiger partial charge in [0.05, 0.1) is 11.2 Å². The summed E-state index contributed by atoms with van der Waals surface area (Å²) < 4.78 is 15.7. The van der Waals surface area contributed by atoms with Gasteiger partial charge in [0.1, 0.15) is 22.3 Å². The Hall–Kier alpha value is -6.23. The molecule has 4 heteroatoms. The third-order valence-corrected chi connectivity index (χ3v) is 11.1. The molecule has 0 spiro atoms. The average Bonchev–Trinajstić information content (AvgIpc) is 3.86. The van der Waals surface area contributed by atoms with E-state index >= 15 is 0 Å². The van der Waals surface area contributed by atoms with Crippen molar-refractivity contribution in [3.8, 4) is 33.5 Å². The number of para-hydroxylation sites is 5. The van der Waals surface area contributed by atoms with Crippen molar-refractivity contribution in [2.75, 3.05) is 0 Å². The van der Waals surface area contributed by atoms with Crippen molar-refractivity contribution in [2.45, 2.75) is 0 Å². The Balaban J connectivity index is 1.27. The van der Waals surface area contributed by atoms with Crippen LogP contribution in [0.3, 0.4) is 0 Å². The van der Waals surface area contributed by atoms with E-state index in [9.17, 15) is 0 Å². The van der Waals surface area contributed by atoms with Gasteiger partial charge < -0.3 is 8.83 Å². The molecule has 228 valence electrons. The molecule has 0 radical (unpaired) electrons. The van der Waals surface area contributed by atoms with Crippen molar-refractivity contribution in [1.29, 1.82) is 0 Å². The lowest BCUT2D eigenvalue weighted by atomic mass is 9.92. The first kappa shape index (κ1) is 26.8. The van der Waals surface area contributed by atoms with Crippen molar-refractivity contribution < 1.29 is 8.83 Å². The molecule has 0 saturated carbocycles. The van der Waals surface area contributed by atoms with E-state index in [2.05, 4.69) is 127 Å². The van der Waals surface area contributed by atoms with Crippen molar-refractivity contribution in [3.63, 3.8) is 0 Å². The van der Waals surface area contributed by atoms with Crippen LogP contribution in [0.5, 0.6) is 0 Å². The van der Waals surface area contributed by atoms with Gasteiger partial charge in [-0.1, -0.05) is 109 Å². The van der Waals surface area contributed by atoms with Crippen LogP contribution >= 0.6 is 11.3 Å². The zero-order chi connectivity index (χ0) is 32.1. The molecule has 11 aromatic rings. The van der Waals surface area contributed by atoms with E-state index in [1.165, 1.54) is 25.6 Å². The van der Waals surface area contributed by atoms with Crippen LogP contribution in [0.25, 0.3) is 108 Å². The maximum absolute atomic E-state index is 6.58. The van der Waals surface area contributed by atoms with Gasteiger partial charge in [-0.15, -0.1) is 11.3 Å². The van der Waals surface area contributed by atoms with Crippen molar-refractivity contribution in [2.24, 2.45) is 0 Å². The monoisotopic (exact) mass is 643 g/mol. The molecule has 0 aliphatic heterocycles. The van der Waals surface area contributed by atoms with Gasteiger partial charge in [-0.05, 0) is 53.6 Å². The summed E-state index contributed by atoms with van der Waals surface area (Å²) in [6, 6.07) is 53.4. The molecule has 0 bridgehead atoms. The summed E-state index contributed by atoms with van der Waals surface area (Å²) in [5.74, 6) is 0.